The molecule has 5 nitrogen and oxygen atoms in total. The molecular weight excluding hydrogens is 370 g/mol. The molecule has 0 aromatic heterocycles. The maximum atomic E-state index is 12.6. The predicted octanol–water partition coefficient (Wildman–Crippen LogP) is 5.86. The van der Waals surface area contributed by atoms with E-state index in [9.17, 15) is 4.79 Å². The summed E-state index contributed by atoms with van der Waals surface area (Å²) in [4.78, 5) is 14.2. The van der Waals surface area contributed by atoms with E-state index >= 15 is 0 Å². The molecule has 0 bridgehead atoms. The zero-order chi connectivity index (χ0) is 21.1. The summed E-state index contributed by atoms with van der Waals surface area (Å²) in [7, 11) is -0.623. The van der Waals surface area contributed by atoms with Gasteiger partial charge in [0.1, 0.15) is 12.4 Å². The molecule has 1 aromatic carbocycles. The highest BCUT2D eigenvalue weighted by Crippen LogP contribution is 2.44. The molecule has 1 aromatic rings. The predicted molar refractivity (Wildman–Crippen MR) is 114 cm³/mol. The summed E-state index contributed by atoms with van der Waals surface area (Å²) in [5, 5.41) is 0. The van der Waals surface area contributed by atoms with Crippen LogP contribution in [0.4, 0.5) is 4.79 Å². The standard InChI is InChI=1S/C22H35NO4Si/c1-15(2)28(16(3)4,17(5)6)27-18(7)21(25-8)23-20(14-26-22(23)24)19-12-10-9-11-13-19/h9-13,15-17,20-21H,7,14H2,1-6,8H3/t20-,21-/m0/s1. The Morgan fingerprint density at radius 2 is 1.64 bits per heavy atom. The van der Waals surface area contributed by atoms with Gasteiger partial charge in [0.05, 0.1) is 6.04 Å². The SMILES string of the molecule is C=C(O[Si](C(C)C)(C(C)C)C(C)C)[C@H](OC)N1C(=O)OC[C@H]1c1ccccc1. The Morgan fingerprint density at radius 3 is 2.11 bits per heavy atom. The summed E-state index contributed by atoms with van der Waals surface area (Å²) in [6.45, 7) is 17.8. The molecule has 2 atom stereocenters. The lowest BCUT2D eigenvalue weighted by Gasteiger charge is -2.44. The number of carbonyl (C=O) groups is 1. The van der Waals surface area contributed by atoms with E-state index < -0.39 is 20.6 Å². The van der Waals surface area contributed by atoms with Gasteiger partial charge in [-0.15, -0.1) is 0 Å². The third kappa shape index (κ3) is 4.13. The summed E-state index contributed by atoms with van der Waals surface area (Å²) in [6.07, 6.45) is -1.10. The monoisotopic (exact) mass is 405 g/mol. The molecular formula is C22H35NO4Si. The van der Waals surface area contributed by atoms with Crippen LogP contribution in [0.1, 0.15) is 53.1 Å². The van der Waals surface area contributed by atoms with E-state index in [-0.39, 0.29) is 12.6 Å². The molecule has 28 heavy (non-hydrogen) atoms. The van der Waals surface area contributed by atoms with Gasteiger partial charge in [0.25, 0.3) is 8.32 Å². The zero-order valence-corrected chi connectivity index (χ0v) is 19.3. The second-order valence-electron chi connectivity index (χ2n) is 8.38. The Balaban J connectivity index is 2.34. The molecule has 1 amide bonds. The number of amides is 1. The van der Waals surface area contributed by atoms with Gasteiger partial charge in [-0.3, -0.25) is 4.90 Å². The van der Waals surface area contributed by atoms with Gasteiger partial charge < -0.3 is 13.9 Å². The molecule has 0 saturated carbocycles. The fraction of sp³-hybridized carbons (Fsp3) is 0.591. The second-order valence-corrected chi connectivity index (χ2v) is 13.8. The minimum atomic E-state index is -2.20. The molecule has 0 aliphatic carbocycles. The van der Waals surface area contributed by atoms with Crippen molar-refractivity contribution >= 4 is 14.4 Å². The summed E-state index contributed by atoms with van der Waals surface area (Å²) >= 11 is 0. The second kappa shape index (κ2) is 9.14. The third-order valence-corrected chi connectivity index (χ3v) is 11.9. The van der Waals surface area contributed by atoms with E-state index in [0.717, 1.165) is 5.56 Å². The van der Waals surface area contributed by atoms with Crippen LogP contribution in [-0.2, 0) is 13.9 Å². The first-order valence-electron chi connectivity index (χ1n) is 10.1. The Hall–Kier alpha value is -1.79. The average molecular weight is 406 g/mol. The Morgan fingerprint density at radius 1 is 1.11 bits per heavy atom. The minimum Gasteiger partial charge on any atom is -0.543 e. The lowest BCUT2D eigenvalue weighted by molar-refractivity contribution is -0.0152. The zero-order valence-electron chi connectivity index (χ0n) is 18.3. The summed E-state index contributed by atoms with van der Waals surface area (Å²) in [5.74, 6) is 0.491. The smallest absolute Gasteiger partial charge is 0.412 e. The quantitative estimate of drug-likeness (QED) is 0.381. The van der Waals surface area contributed by atoms with Crippen molar-refractivity contribution in [3.63, 3.8) is 0 Å². The van der Waals surface area contributed by atoms with Crippen molar-refractivity contribution in [2.24, 2.45) is 0 Å². The highest BCUT2D eigenvalue weighted by atomic mass is 28.4. The van der Waals surface area contributed by atoms with Gasteiger partial charge in [-0.25, -0.2) is 4.79 Å². The molecule has 1 heterocycles. The number of ether oxygens (including phenoxy) is 2. The van der Waals surface area contributed by atoms with Crippen molar-refractivity contribution in [2.45, 2.75) is 70.4 Å². The number of cyclic esters (lactones) is 1. The molecule has 0 spiro atoms. The van der Waals surface area contributed by atoms with Crippen molar-refractivity contribution in [2.75, 3.05) is 13.7 Å². The fourth-order valence-electron chi connectivity index (χ4n) is 4.65. The number of carbonyl (C=O) groups excluding carboxylic acids is 1. The van der Waals surface area contributed by atoms with Crippen LogP contribution in [0.15, 0.2) is 42.7 Å². The van der Waals surface area contributed by atoms with Gasteiger partial charge in [-0.2, -0.15) is 0 Å². The summed E-state index contributed by atoms with van der Waals surface area (Å²) in [6, 6.07) is 9.62. The van der Waals surface area contributed by atoms with Gasteiger partial charge in [-0.1, -0.05) is 78.5 Å². The van der Waals surface area contributed by atoms with Crippen LogP contribution in [0, 0.1) is 0 Å². The van der Waals surface area contributed by atoms with Gasteiger partial charge >= 0.3 is 6.09 Å². The van der Waals surface area contributed by atoms with Crippen molar-refractivity contribution in [1.29, 1.82) is 0 Å². The van der Waals surface area contributed by atoms with Crippen LogP contribution in [0.5, 0.6) is 0 Å². The third-order valence-electron chi connectivity index (χ3n) is 5.86. The van der Waals surface area contributed by atoms with E-state index in [1.165, 1.54) is 0 Å². The van der Waals surface area contributed by atoms with Gasteiger partial charge in [-0.05, 0) is 22.2 Å². The molecule has 0 unspecified atom stereocenters. The largest absolute Gasteiger partial charge is 0.543 e. The lowest BCUT2D eigenvalue weighted by Crippen LogP contribution is -2.50. The van der Waals surface area contributed by atoms with Crippen LogP contribution in [-0.4, -0.2) is 39.3 Å². The first-order valence-corrected chi connectivity index (χ1v) is 12.2. The fourth-order valence-corrected chi connectivity index (χ4v) is 9.92. The molecule has 1 aliphatic heterocycles. The maximum absolute atomic E-state index is 12.6. The van der Waals surface area contributed by atoms with E-state index in [0.29, 0.717) is 22.4 Å². The van der Waals surface area contributed by atoms with Crippen LogP contribution in [0.25, 0.3) is 0 Å². The van der Waals surface area contributed by atoms with Crippen molar-refractivity contribution in [3.05, 3.63) is 48.2 Å². The first kappa shape index (κ1) is 22.5. The molecule has 6 heteroatoms. The Kier molecular flexibility index (Phi) is 7.34. The van der Waals surface area contributed by atoms with Gasteiger partial charge in [0.15, 0.2) is 6.23 Å². The van der Waals surface area contributed by atoms with Crippen LogP contribution < -0.4 is 0 Å². The van der Waals surface area contributed by atoms with Gasteiger partial charge in [0, 0.05) is 7.11 Å². The molecule has 0 N–H and O–H groups in total. The molecule has 156 valence electrons. The maximum Gasteiger partial charge on any atom is 0.412 e. The molecule has 2 rings (SSSR count). The van der Waals surface area contributed by atoms with E-state index in [1.807, 2.05) is 30.3 Å². The highest BCUT2D eigenvalue weighted by molar-refractivity contribution is 6.77. The number of rotatable bonds is 9. The summed E-state index contributed by atoms with van der Waals surface area (Å²) in [5.41, 5.74) is 2.20. The van der Waals surface area contributed by atoms with Gasteiger partial charge in [0.2, 0.25) is 0 Å². The Bertz CT molecular complexity index is 653. The summed E-state index contributed by atoms with van der Waals surface area (Å²) < 4.78 is 17.8. The number of hydrogen-bond donors (Lipinski definition) is 0. The van der Waals surface area contributed by atoms with E-state index in [4.69, 9.17) is 13.9 Å². The molecule has 1 saturated heterocycles. The molecule has 1 fully saturated rings. The van der Waals surface area contributed by atoms with E-state index in [1.54, 1.807) is 12.0 Å². The number of nitrogens with zero attached hydrogens (tertiary/aromatic N) is 1. The average Bonchev–Trinajstić information content (AvgIpc) is 3.01. The molecule has 1 aliphatic rings. The van der Waals surface area contributed by atoms with Crippen molar-refractivity contribution < 1.29 is 18.7 Å². The van der Waals surface area contributed by atoms with Crippen LogP contribution in [0.2, 0.25) is 16.6 Å². The molecule has 0 radical (unpaired) electrons. The topological polar surface area (TPSA) is 48.0 Å². The number of methoxy groups -OCH3 is 1. The minimum absolute atomic E-state index is 0.229. The van der Waals surface area contributed by atoms with Crippen molar-refractivity contribution in [1.82, 2.24) is 4.90 Å². The number of hydrogen-bond acceptors (Lipinski definition) is 4. The van der Waals surface area contributed by atoms with Crippen LogP contribution >= 0.6 is 0 Å². The van der Waals surface area contributed by atoms with Crippen LogP contribution in [0.3, 0.4) is 0 Å². The Labute approximate surface area is 170 Å². The normalized spacial score (nSPS) is 18.7. The first-order chi connectivity index (χ1) is 13.2. The lowest BCUT2D eigenvalue weighted by atomic mass is 10.1. The number of benzene rings is 1. The van der Waals surface area contributed by atoms with Crippen molar-refractivity contribution in [3.8, 4) is 0 Å². The highest BCUT2D eigenvalue weighted by Gasteiger charge is 2.49. The van der Waals surface area contributed by atoms with E-state index in [2.05, 4.69) is 48.1 Å².